The highest BCUT2D eigenvalue weighted by Gasteiger charge is 2.35. The number of amides is 1. The van der Waals surface area contributed by atoms with Crippen molar-refractivity contribution < 1.29 is 9.53 Å². The molecule has 4 rings (SSSR count). The maximum Gasteiger partial charge on any atom is 0.410 e. The van der Waals surface area contributed by atoms with Crippen molar-refractivity contribution in [2.75, 3.05) is 13.1 Å². The van der Waals surface area contributed by atoms with E-state index < -0.39 is 0 Å². The molecule has 1 aromatic carbocycles. The van der Waals surface area contributed by atoms with Gasteiger partial charge >= 0.3 is 6.09 Å². The quantitative estimate of drug-likeness (QED) is 0.637. The smallest absolute Gasteiger partial charge is 0.410 e. The van der Waals surface area contributed by atoms with Crippen LogP contribution in [0.5, 0.6) is 0 Å². The molecule has 1 saturated heterocycles. The third-order valence-electron chi connectivity index (χ3n) is 7.37. The number of nitriles is 1. The van der Waals surface area contributed by atoms with Crippen LogP contribution in [0, 0.1) is 16.7 Å². The second kappa shape index (κ2) is 10.2. The summed E-state index contributed by atoms with van der Waals surface area (Å²) in [5.74, 6) is 0. The van der Waals surface area contributed by atoms with Crippen LogP contribution in [0.15, 0.2) is 36.8 Å². The second-order valence-corrected chi connectivity index (χ2v) is 10.9. The number of aromatic nitrogens is 2. The molecule has 2 aliphatic rings. The highest BCUT2D eigenvalue weighted by Crippen LogP contribution is 2.36. The fourth-order valence-corrected chi connectivity index (χ4v) is 5.45. The van der Waals surface area contributed by atoms with E-state index in [1.807, 2.05) is 41.7 Å². The summed E-state index contributed by atoms with van der Waals surface area (Å²) in [4.78, 5) is 21.7. The van der Waals surface area contributed by atoms with Gasteiger partial charge in [-0.15, -0.1) is 0 Å². The van der Waals surface area contributed by atoms with Gasteiger partial charge in [0.15, 0.2) is 0 Å². The van der Waals surface area contributed by atoms with Gasteiger partial charge in [-0.25, -0.2) is 9.78 Å². The molecule has 0 bridgehead atoms. The Morgan fingerprint density at radius 1 is 1.18 bits per heavy atom. The summed E-state index contributed by atoms with van der Waals surface area (Å²) in [6.07, 6.45) is 7.92. The summed E-state index contributed by atoms with van der Waals surface area (Å²) >= 11 is 0. The van der Waals surface area contributed by atoms with Gasteiger partial charge in [-0.2, -0.15) is 5.26 Å². The van der Waals surface area contributed by atoms with Crippen molar-refractivity contribution in [2.24, 2.45) is 5.41 Å². The summed E-state index contributed by atoms with van der Waals surface area (Å²) in [5.41, 5.74) is 3.20. The van der Waals surface area contributed by atoms with Gasteiger partial charge in [0.25, 0.3) is 0 Å². The maximum atomic E-state index is 12.9. The molecule has 0 N–H and O–H groups in total. The number of carbonyl (C=O) groups excluding carboxylic acids is 1. The SMILES string of the molecule is CC1CN(C(=O)OC2CCCC(C)(C)C2)CC(C)N1Cc1cncn1Cc1ccc(C#N)cc1. The third-order valence-corrected chi connectivity index (χ3v) is 7.37. The number of imidazole rings is 1. The minimum atomic E-state index is -0.160. The third kappa shape index (κ3) is 5.79. The Kier molecular flexibility index (Phi) is 7.27. The van der Waals surface area contributed by atoms with E-state index in [-0.39, 0.29) is 29.7 Å². The lowest BCUT2D eigenvalue weighted by molar-refractivity contribution is -0.0110. The number of hydrogen-bond donors (Lipinski definition) is 0. The van der Waals surface area contributed by atoms with Crippen LogP contribution in [0.25, 0.3) is 0 Å². The average Bonchev–Trinajstić information content (AvgIpc) is 3.22. The van der Waals surface area contributed by atoms with E-state index in [2.05, 4.69) is 48.2 Å². The first kappa shape index (κ1) is 24.3. The van der Waals surface area contributed by atoms with E-state index in [0.717, 1.165) is 37.1 Å². The maximum absolute atomic E-state index is 12.9. The number of carbonyl (C=O) groups is 1. The molecule has 1 aliphatic heterocycles. The Hall–Kier alpha value is -2.85. The molecule has 3 atom stereocenters. The molecule has 2 fully saturated rings. The van der Waals surface area contributed by atoms with E-state index >= 15 is 0 Å². The molecule has 7 heteroatoms. The van der Waals surface area contributed by atoms with Crippen LogP contribution in [0.4, 0.5) is 4.79 Å². The van der Waals surface area contributed by atoms with Crippen LogP contribution >= 0.6 is 0 Å². The summed E-state index contributed by atoms with van der Waals surface area (Å²) in [7, 11) is 0. The largest absolute Gasteiger partial charge is 0.446 e. The zero-order valence-electron chi connectivity index (χ0n) is 20.9. The first-order valence-corrected chi connectivity index (χ1v) is 12.4. The van der Waals surface area contributed by atoms with Crippen molar-refractivity contribution in [3.63, 3.8) is 0 Å². The van der Waals surface area contributed by atoms with Gasteiger partial charge in [0.05, 0.1) is 23.7 Å². The first-order valence-electron chi connectivity index (χ1n) is 12.4. The summed E-state index contributed by atoms with van der Waals surface area (Å²) < 4.78 is 8.10. The van der Waals surface area contributed by atoms with E-state index in [0.29, 0.717) is 25.2 Å². The summed E-state index contributed by atoms with van der Waals surface area (Å²) in [6, 6.07) is 10.3. The molecule has 0 radical (unpaired) electrons. The predicted molar refractivity (Wildman–Crippen MR) is 131 cm³/mol. The molecular weight excluding hydrogens is 426 g/mol. The van der Waals surface area contributed by atoms with Crippen LogP contribution in [0.3, 0.4) is 0 Å². The van der Waals surface area contributed by atoms with Crippen molar-refractivity contribution in [3.8, 4) is 6.07 Å². The number of nitrogens with zero attached hydrogens (tertiary/aromatic N) is 5. The molecule has 1 aliphatic carbocycles. The lowest BCUT2D eigenvalue weighted by Crippen LogP contribution is -2.58. The average molecular weight is 464 g/mol. The molecule has 3 unspecified atom stereocenters. The zero-order valence-corrected chi connectivity index (χ0v) is 20.9. The molecule has 34 heavy (non-hydrogen) atoms. The number of benzene rings is 1. The number of piperazine rings is 1. The van der Waals surface area contributed by atoms with Crippen molar-refractivity contribution in [1.29, 1.82) is 5.26 Å². The van der Waals surface area contributed by atoms with Crippen LogP contribution in [-0.2, 0) is 17.8 Å². The minimum Gasteiger partial charge on any atom is -0.446 e. The highest BCUT2D eigenvalue weighted by atomic mass is 16.6. The zero-order chi connectivity index (χ0) is 24.3. The highest BCUT2D eigenvalue weighted by molar-refractivity contribution is 5.68. The molecule has 2 heterocycles. The lowest BCUT2D eigenvalue weighted by Gasteiger charge is -2.44. The molecule has 1 aromatic heterocycles. The minimum absolute atomic E-state index is 0.0384. The predicted octanol–water partition coefficient (Wildman–Crippen LogP) is 4.80. The molecule has 1 amide bonds. The van der Waals surface area contributed by atoms with Crippen LogP contribution in [-0.4, -0.2) is 56.7 Å². The standard InChI is InChI=1S/C27H37N5O2/c1-20-15-30(26(33)34-25-6-5-11-27(3,4)12-25)16-21(2)32(20)18-24-14-29-19-31(24)17-23-9-7-22(13-28)8-10-23/h7-10,14,19-21,25H,5-6,11-12,15-18H2,1-4H3. The van der Waals surface area contributed by atoms with Gasteiger partial charge in [0.2, 0.25) is 0 Å². The van der Waals surface area contributed by atoms with Crippen LogP contribution in [0.2, 0.25) is 0 Å². The van der Waals surface area contributed by atoms with E-state index in [4.69, 9.17) is 10.00 Å². The molecule has 1 saturated carbocycles. The van der Waals surface area contributed by atoms with Crippen molar-refractivity contribution in [2.45, 2.75) is 84.7 Å². The number of rotatable bonds is 5. The topological polar surface area (TPSA) is 74.4 Å². The molecule has 2 aromatic rings. The van der Waals surface area contributed by atoms with Gasteiger partial charge in [-0.3, -0.25) is 4.90 Å². The van der Waals surface area contributed by atoms with E-state index in [1.54, 1.807) is 0 Å². The van der Waals surface area contributed by atoms with E-state index in [1.165, 1.54) is 6.42 Å². The van der Waals surface area contributed by atoms with Crippen LogP contribution in [0.1, 0.15) is 70.2 Å². The Labute approximate surface area is 203 Å². The van der Waals surface area contributed by atoms with Gasteiger partial charge in [0, 0.05) is 44.5 Å². The Morgan fingerprint density at radius 2 is 1.88 bits per heavy atom. The number of hydrogen-bond acceptors (Lipinski definition) is 5. The molecule has 7 nitrogen and oxygen atoms in total. The van der Waals surface area contributed by atoms with Crippen molar-refractivity contribution in [3.05, 3.63) is 53.6 Å². The van der Waals surface area contributed by atoms with Crippen molar-refractivity contribution >= 4 is 6.09 Å². The van der Waals surface area contributed by atoms with Crippen LogP contribution < -0.4 is 0 Å². The molecule has 0 spiro atoms. The van der Waals surface area contributed by atoms with Gasteiger partial charge in [-0.1, -0.05) is 26.0 Å². The number of ether oxygens (including phenoxy) is 1. The normalized spacial score (nSPS) is 25.0. The van der Waals surface area contributed by atoms with Gasteiger partial charge in [-0.05, 0) is 62.6 Å². The first-order chi connectivity index (χ1) is 16.2. The fourth-order valence-electron chi connectivity index (χ4n) is 5.45. The summed E-state index contributed by atoms with van der Waals surface area (Å²) in [5, 5.41) is 9.01. The summed E-state index contributed by atoms with van der Waals surface area (Å²) in [6.45, 7) is 11.7. The molecule has 182 valence electrons. The Morgan fingerprint density at radius 3 is 2.53 bits per heavy atom. The van der Waals surface area contributed by atoms with Crippen molar-refractivity contribution in [1.82, 2.24) is 19.4 Å². The van der Waals surface area contributed by atoms with E-state index in [9.17, 15) is 4.79 Å². The Balaban J connectivity index is 1.35. The monoisotopic (exact) mass is 463 g/mol. The molecular formula is C27H37N5O2. The Bertz CT molecular complexity index is 1010. The second-order valence-electron chi connectivity index (χ2n) is 10.9. The lowest BCUT2D eigenvalue weighted by atomic mass is 9.76. The fraction of sp³-hybridized carbons (Fsp3) is 0.593. The van der Waals surface area contributed by atoms with Gasteiger partial charge < -0.3 is 14.2 Å². The van der Waals surface area contributed by atoms with Gasteiger partial charge in [0.1, 0.15) is 6.10 Å².